The van der Waals surface area contributed by atoms with E-state index in [0.717, 1.165) is 0 Å². The predicted molar refractivity (Wildman–Crippen MR) is 80.5 cm³/mol. The topological polar surface area (TPSA) is 119 Å². The zero-order valence-corrected chi connectivity index (χ0v) is 13.2. The van der Waals surface area contributed by atoms with E-state index in [0.29, 0.717) is 5.75 Å². The number of hydrogen-bond acceptors (Lipinski definition) is 6. The smallest absolute Gasteiger partial charge is 0.322 e. The van der Waals surface area contributed by atoms with Gasteiger partial charge in [0, 0.05) is 0 Å². The van der Waals surface area contributed by atoms with Crippen LogP contribution in [-0.2, 0) is 24.3 Å². The molecule has 0 radical (unpaired) electrons. The molecule has 0 saturated carbocycles. The second kappa shape index (κ2) is 8.30. The zero-order valence-electron chi connectivity index (χ0n) is 12.4. The maximum absolute atomic E-state index is 12.2. The summed E-state index contributed by atoms with van der Waals surface area (Å²) in [5.41, 5.74) is 0. The molecule has 1 unspecified atom stereocenters. The van der Waals surface area contributed by atoms with Crippen molar-refractivity contribution in [3.05, 3.63) is 36.9 Å². The van der Waals surface area contributed by atoms with E-state index in [4.69, 9.17) is 9.84 Å². The second-order valence-electron chi connectivity index (χ2n) is 4.36. The first-order chi connectivity index (χ1) is 10.8. The number of rotatable bonds is 9. The van der Waals surface area contributed by atoms with Crippen molar-refractivity contribution in [2.45, 2.75) is 17.4 Å². The van der Waals surface area contributed by atoms with Gasteiger partial charge in [-0.3, -0.25) is 9.59 Å². The van der Waals surface area contributed by atoms with Crippen molar-refractivity contribution in [2.24, 2.45) is 0 Å². The molecule has 0 aromatic heterocycles. The minimum Gasteiger partial charge on any atom is -0.497 e. The highest BCUT2D eigenvalue weighted by atomic mass is 32.2. The Morgan fingerprint density at radius 1 is 1.35 bits per heavy atom. The van der Waals surface area contributed by atoms with Gasteiger partial charge < -0.3 is 14.6 Å². The van der Waals surface area contributed by atoms with Gasteiger partial charge in [-0.2, -0.15) is 4.72 Å². The summed E-state index contributed by atoms with van der Waals surface area (Å²) in [6, 6.07) is 3.72. The fraction of sp³-hybridized carbons (Fsp3) is 0.286. The van der Waals surface area contributed by atoms with Gasteiger partial charge in [-0.05, 0) is 24.3 Å². The number of benzene rings is 1. The maximum Gasteiger partial charge on any atom is 0.322 e. The van der Waals surface area contributed by atoms with E-state index in [9.17, 15) is 18.0 Å². The van der Waals surface area contributed by atoms with Crippen LogP contribution in [0.4, 0.5) is 0 Å². The molecule has 0 bridgehead atoms. The zero-order chi connectivity index (χ0) is 17.5. The van der Waals surface area contributed by atoms with E-state index in [-0.39, 0.29) is 11.5 Å². The van der Waals surface area contributed by atoms with E-state index in [1.54, 1.807) is 0 Å². The minimum absolute atomic E-state index is 0.0869. The Kier molecular flexibility index (Phi) is 6.73. The third kappa shape index (κ3) is 5.72. The molecule has 2 N–H and O–H groups in total. The van der Waals surface area contributed by atoms with Crippen molar-refractivity contribution < 1.29 is 32.6 Å². The molecular formula is C14H17NO7S. The number of ether oxygens (including phenoxy) is 2. The number of nitrogens with one attached hydrogen (secondary N) is 1. The van der Waals surface area contributed by atoms with Crippen molar-refractivity contribution in [2.75, 3.05) is 13.7 Å². The first-order valence-corrected chi connectivity index (χ1v) is 7.94. The average molecular weight is 343 g/mol. The van der Waals surface area contributed by atoms with Crippen LogP contribution in [0.3, 0.4) is 0 Å². The summed E-state index contributed by atoms with van der Waals surface area (Å²) in [4.78, 5) is 22.4. The Morgan fingerprint density at radius 2 is 1.96 bits per heavy atom. The van der Waals surface area contributed by atoms with Gasteiger partial charge in [-0.1, -0.05) is 12.7 Å². The monoisotopic (exact) mass is 343 g/mol. The number of carbonyl (C=O) groups excluding carboxylic acids is 1. The third-order valence-corrected chi connectivity index (χ3v) is 4.19. The molecule has 8 nitrogen and oxygen atoms in total. The van der Waals surface area contributed by atoms with E-state index in [1.165, 1.54) is 37.5 Å². The number of carboxylic acids is 1. The van der Waals surface area contributed by atoms with Crippen LogP contribution >= 0.6 is 0 Å². The molecule has 0 fully saturated rings. The second-order valence-corrected chi connectivity index (χ2v) is 6.08. The molecule has 1 rings (SSSR count). The van der Waals surface area contributed by atoms with Crippen molar-refractivity contribution in [1.29, 1.82) is 0 Å². The molecule has 1 aromatic rings. The lowest BCUT2D eigenvalue weighted by atomic mass is 10.2. The Balaban J connectivity index is 2.86. The normalized spacial score (nSPS) is 12.2. The fourth-order valence-electron chi connectivity index (χ4n) is 1.57. The van der Waals surface area contributed by atoms with Gasteiger partial charge in [0.15, 0.2) is 0 Å². The third-order valence-electron chi connectivity index (χ3n) is 2.70. The van der Waals surface area contributed by atoms with Crippen LogP contribution in [-0.4, -0.2) is 45.2 Å². The van der Waals surface area contributed by atoms with Crippen molar-refractivity contribution in [1.82, 2.24) is 4.72 Å². The number of esters is 1. The summed E-state index contributed by atoms with van der Waals surface area (Å²) in [6.45, 7) is 3.26. The van der Waals surface area contributed by atoms with Gasteiger partial charge in [0.1, 0.15) is 18.4 Å². The predicted octanol–water partition coefficient (Wildman–Crippen LogP) is 0.546. The highest BCUT2D eigenvalue weighted by Gasteiger charge is 2.28. The summed E-state index contributed by atoms with van der Waals surface area (Å²) in [6.07, 6.45) is 0.674. The van der Waals surface area contributed by atoms with Gasteiger partial charge in [-0.15, -0.1) is 0 Å². The van der Waals surface area contributed by atoms with Crippen LogP contribution in [0.2, 0.25) is 0 Å². The van der Waals surface area contributed by atoms with Crippen molar-refractivity contribution in [3.8, 4) is 5.75 Å². The lowest BCUT2D eigenvalue weighted by Gasteiger charge is -2.14. The first kappa shape index (κ1) is 18.7. The Hall–Kier alpha value is -2.39. The van der Waals surface area contributed by atoms with Crippen LogP contribution in [0.25, 0.3) is 0 Å². The van der Waals surface area contributed by atoms with Crippen molar-refractivity contribution >= 4 is 22.0 Å². The number of carboxylic acid groups (broad SMARTS) is 1. The number of sulfonamides is 1. The van der Waals surface area contributed by atoms with Crippen LogP contribution < -0.4 is 9.46 Å². The lowest BCUT2D eigenvalue weighted by Crippen LogP contribution is -2.42. The van der Waals surface area contributed by atoms with Gasteiger partial charge in [-0.25, -0.2) is 8.42 Å². The summed E-state index contributed by atoms with van der Waals surface area (Å²) in [7, 11) is -2.68. The minimum atomic E-state index is -4.11. The molecule has 0 heterocycles. The highest BCUT2D eigenvalue weighted by Crippen LogP contribution is 2.16. The Bertz CT molecular complexity index is 667. The molecule has 126 valence electrons. The molecule has 0 amide bonds. The molecule has 0 saturated heterocycles. The molecule has 23 heavy (non-hydrogen) atoms. The van der Waals surface area contributed by atoms with E-state index in [1.807, 2.05) is 4.72 Å². The van der Waals surface area contributed by atoms with Crippen molar-refractivity contribution in [3.63, 3.8) is 0 Å². The average Bonchev–Trinajstić information content (AvgIpc) is 2.52. The standard InChI is InChI=1S/C14H17NO7S/c1-3-8-22-13(16)9-12(14(17)18)15-23(19,20)11-6-4-10(21-2)5-7-11/h3-7,12,15H,1,8-9H2,2H3,(H,17,18). The number of carbonyl (C=O) groups is 2. The Morgan fingerprint density at radius 3 is 2.43 bits per heavy atom. The number of aliphatic carboxylic acids is 1. The Labute approximate surface area is 133 Å². The van der Waals surface area contributed by atoms with E-state index < -0.39 is 34.4 Å². The molecule has 1 aromatic carbocycles. The van der Waals surface area contributed by atoms with Gasteiger partial charge in [0.2, 0.25) is 10.0 Å². The summed E-state index contributed by atoms with van der Waals surface area (Å²) in [5, 5.41) is 9.07. The maximum atomic E-state index is 12.2. The molecule has 0 aliphatic heterocycles. The molecule has 0 spiro atoms. The van der Waals surface area contributed by atoms with Gasteiger partial charge in [0.05, 0.1) is 18.4 Å². The van der Waals surface area contributed by atoms with E-state index in [2.05, 4.69) is 11.3 Å². The van der Waals surface area contributed by atoms with Crippen LogP contribution in [0, 0.1) is 0 Å². The lowest BCUT2D eigenvalue weighted by molar-refractivity contribution is -0.148. The quantitative estimate of drug-likeness (QED) is 0.496. The van der Waals surface area contributed by atoms with Crippen LogP contribution in [0.5, 0.6) is 5.75 Å². The summed E-state index contributed by atoms with van der Waals surface area (Å²) in [5.74, 6) is -1.89. The fourth-order valence-corrected chi connectivity index (χ4v) is 2.76. The van der Waals surface area contributed by atoms with Gasteiger partial charge >= 0.3 is 11.9 Å². The molecule has 0 aliphatic carbocycles. The number of methoxy groups -OCH3 is 1. The highest BCUT2D eigenvalue weighted by molar-refractivity contribution is 7.89. The van der Waals surface area contributed by atoms with Crippen LogP contribution in [0.15, 0.2) is 41.8 Å². The van der Waals surface area contributed by atoms with Gasteiger partial charge in [0.25, 0.3) is 0 Å². The van der Waals surface area contributed by atoms with Crippen LogP contribution in [0.1, 0.15) is 6.42 Å². The SMILES string of the molecule is C=CCOC(=O)CC(NS(=O)(=O)c1ccc(OC)cc1)C(=O)O. The first-order valence-electron chi connectivity index (χ1n) is 6.46. The van der Waals surface area contributed by atoms with E-state index >= 15 is 0 Å². The summed E-state index contributed by atoms with van der Waals surface area (Å²) < 4.78 is 35.8. The molecule has 0 aliphatic rings. The number of hydrogen-bond donors (Lipinski definition) is 2. The largest absolute Gasteiger partial charge is 0.497 e. The molecule has 9 heteroatoms. The summed E-state index contributed by atoms with van der Waals surface area (Å²) >= 11 is 0. The molecular weight excluding hydrogens is 326 g/mol. The molecule has 1 atom stereocenters.